The number of piperazine rings is 1. The van der Waals surface area contributed by atoms with Crippen LogP contribution in [0.3, 0.4) is 0 Å². The predicted octanol–water partition coefficient (Wildman–Crippen LogP) is 1.57. The quantitative estimate of drug-likeness (QED) is 0.796. The van der Waals surface area contributed by atoms with Gasteiger partial charge in [-0.15, -0.1) is 0 Å². The van der Waals surface area contributed by atoms with Gasteiger partial charge in [0.1, 0.15) is 15.7 Å². The van der Waals surface area contributed by atoms with Gasteiger partial charge in [0, 0.05) is 39.0 Å². The zero-order chi connectivity index (χ0) is 17.9. The fraction of sp³-hybridized carbons (Fsp3) is 0.533. The molecule has 1 aromatic carbocycles. The molecule has 0 spiro atoms. The summed E-state index contributed by atoms with van der Waals surface area (Å²) in [4.78, 5) is 15.6. The monoisotopic (exact) mass is 364 g/mol. The van der Waals surface area contributed by atoms with E-state index in [9.17, 15) is 26.4 Å². The van der Waals surface area contributed by atoms with Crippen molar-refractivity contribution in [2.24, 2.45) is 0 Å². The maximum absolute atomic E-state index is 14.1. The van der Waals surface area contributed by atoms with Crippen LogP contribution in [0.4, 0.5) is 13.2 Å². The minimum atomic E-state index is -3.06. The first-order valence-corrected chi connectivity index (χ1v) is 9.51. The molecule has 9 heteroatoms. The van der Waals surface area contributed by atoms with Crippen molar-refractivity contribution in [2.45, 2.75) is 6.43 Å². The average Bonchev–Trinajstić information content (AvgIpc) is 2.52. The lowest BCUT2D eigenvalue weighted by atomic mass is 10.1. The standard InChI is InChI=1S/C15H19F3N2O3S/c1-24(22,23)10-9-19-5-7-20(8-6-19)15(21)12-4-2-3-11(13(12)16)14(17)18/h2-4,14H,5-10H2,1H3. The van der Waals surface area contributed by atoms with Gasteiger partial charge in [-0.3, -0.25) is 9.69 Å². The number of carbonyl (C=O) groups is 1. The van der Waals surface area contributed by atoms with Crippen molar-refractivity contribution in [3.63, 3.8) is 0 Å². The average molecular weight is 364 g/mol. The third kappa shape index (κ3) is 4.70. The lowest BCUT2D eigenvalue weighted by Gasteiger charge is -2.34. The van der Waals surface area contributed by atoms with Gasteiger partial charge < -0.3 is 4.90 Å². The Labute approximate surface area is 139 Å². The van der Waals surface area contributed by atoms with Crippen LogP contribution < -0.4 is 0 Å². The van der Waals surface area contributed by atoms with Crippen molar-refractivity contribution in [1.82, 2.24) is 9.80 Å². The summed E-state index contributed by atoms with van der Waals surface area (Å²) in [5.41, 5.74) is -1.15. The summed E-state index contributed by atoms with van der Waals surface area (Å²) in [5, 5.41) is 0. The molecule has 134 valence electrons. The Kier molecular flexibility index (Phi) is 5.87. The van der Waals surface area contributed by atoms with Gasteiger partial charge in [0.2, 0.25) is 0 Å². The first-order chi connectivity index (χ1) is 11.2. The molecule has 1 saturated heterocycles. The molecule has 0 bridgehead atoms. The number of carbonyl (C=O) groups excluding carboxylic acids is 1. The van der Waals surface area contributed by atoms with Crippen LogP contribution in [-0.2, 0) is 9.84 Å². The molecule has 1 heterocycles. The molecule has 5 nitrogen and oxygen atoms in total. The van der Waals surface area contributed by atoms with Gasteiger partial charge in [-0.2, -0.15) is 0 Å². The van der Waals surface area contributed by atoms with Crippen molar-refractivity contribution in [3.8, 4) is 0 Å². The van der Waals surface area contributed by atoms with E-state index in [4.69, 9.17) is 0 Å². The van der Waals surface area contributed by atoms with E-state index in [2.05, 4.69) is 0 Å². The second-order valence-corrected chi connectivity index (χ2v) is 8.03. The van der Waals surface area contributed by atoms with E-state index in [1.807, 2.05) is 4.90 Å². The first-order valence-electron chi connectivity index (χ1n) is 7.45. The van der Waals surface area contributed by atoms with Crippen LogP contribution in [0.25, 0.3) is 0 Å². The summed E-state index contributed by atoms with van der Waals surface area (Å²) in [6.45, 7) is 1.87. The normalized spacial score (nSPS) is 16.6. The molecule has 1 aromatic rings. The van der Waals surface area contributed by atoms with Crippen molar-refractivity contribution in [2.75, 3.05) is 44.7 Å². The van der Waals surface area contributed by atoms with Crippen molar-refractivity contribution < 1.29 is 26.4 Å². The van der Waals surface area contributed by atoms with Gasteiger partial charge >= 0.3 is 0 Å². The van der Waals surface area contributed by atoms with Crippen LogP contribution in [0, 0.1) is 5.82 Å². The summed E-state index contributed by atoms with van der Waals surface area (Å²) in [6, 6.07) is 3.39. The van der Waals surface area contributed by atoms with E-state index in [0.717, 1.165) is 12.3 Å². The summed E-state index contributed by atoms with van der Waals surface area (Å²) in [5.74, 6) is -1.78. The summed E-state index contributed by atoms with van der Waals surface area (Å²) < 4.78 is 61.8. The van der Waals surface area contributed by atoms with Crippen LogP contribution in [0.5, 0.6) is 0 Å². The number of alkyl halides is 2. The van der Waals surface area contributed by atoms with Crippen molar-refractivity contribution in [3.05, 3.63) is 35.1 Å². The number of amides is 1. The highest BCUT2D eigenvalue weighted by atomic mass is 32.2. The van der Waals surface area contributed by atoms with Crippen LogP contribution in [0.15, 0.2) is 18.2 Å². The van der Waals surface area contributed by atoms with Gasteiger partial charge in [0.25, 0.3) is 12.3 Å². The number of rotatable bonds is 5. The molecular weight excluding hydrogens is 345 g/mol. The molecule has 0 N–H and O–H groups in total. The number of nitrogens with zero attached hydrogens (tertiary/aromatic N) is 2. The Morgan fingerprint density at radius 2 is 1.83 bits per heavy atom. The number of hydrogen-bond donors (Lipinski definition) is 0. The Hall–Kier alpha value is -1.61. The predicted molar refractivity (Wildman–Crippen MR) is 83.4 cm³/mol. The van der Waals surface area contributed by atoms with E-state index < -0.39 is 33.6 Å². The smallest absolute Gasteiger partial charge is 0.266 e. The van der Waals surface area contributed by atoms with E-state index >= 15 is 0 Å². The molecule has 0 unspecified atom stereocenters. The molecule has 1 amide bonds. The second-order valence-electron chi connectivity index (χ2n) is 5.77. The van der Waals surface area contributed by atoms with E-state index in [1.54, 1.807) is 0 Å². The Morgan fingerprint density at radius 1 is 1.21 bits per heavy atom. The summed E-state index contributed by atoms with van der Waals surface area (Å²) >= 11 is 0. The van der Waals surface area contributed by atoms with E-state index in [1.165, 1.54) is 17.0 Å². The number of sulfone groups is 1. The van der Waals surface area contributed by atoms with Crippen LogP contribution in [-0.4, -0.2) is 68.9 Å². The largest absolute Gasteiger partial charge is 0.336 e. The number of benzene rings is 1. The number of hydrogen-bond acceptors (Lipinski definition) is 4. The SMILES string of the molecule is CS(=O)(=O)CCN1CCN(C(=O)c2cccc(C(F)F)c2F)CC1. The first kappa shape index (κ1) is 18.7. The lowest BCUT2D eigenvalue weighted by molar-refractivity contribution is 0.0638. The molecule has 24 heavy (non-hydrogen) atoms. The third-order valence-electron chi connectivity index (χ3n) is 3.93. The molecule has 1 aliphatic heterocycles. The second kappa shape index (κ2) is 7.52. The van der Waals surface area contributed by atoms with Gasteiger partial charge in [-0.05, 0) is 6.07 Å². The summed E-state index contributed by atoms with van der Waals surface area (Å²) in [6.07, 6.45) is -1.82. The lowest BCUT2D eigenvalue weighted by Crippen LogP contribution is -2.49. The van der Waals surface area contributed by atoms with Gasteiger partial charge in [0.15, 0.2) is 0 Å². The fourth-order valence-electron chi connectivity index (χ4n) is 2.52. The van der Waals surface area contributed by atoms with Gasteiger partial charge in [-0.1, -0.05) is 12.1 Å². The van der Waals surface area contributed by atoms with Crippen LogP contribution in [0.2, 0.25) is 0 Å². The van der Waals surface area contributed by atoms with Crippen molar-refractivity contribution >= 4 is 15.7 Å². The number of halogens is 3. The molecule has 1 fully saturated rings. The highest BCUT2D eigenvalue weighted by Crippen LogP contribution is 2.25. The van der Waals surface area contributed by atoms with Crippen LogP contribution >= 0.6 is 0 Å². The molecule has 0 aliphatic carbocycles. The minimum Gasteiger partial charge on any atom is -0.336 e. The zero-order valence-electron chi connectivity index (χ0n) is 13.2. The van der Waals surface area contributed by atoms with Crippen LogP contribution in [0.1, 0.15) is 22.3 Å². The molecule has 0 saturated carbocycles. The van der Waals surface area contributed by atoms with Crippen molar-refractivity contribution in [1.29, 1.82) is 0 Å². The molecule has 2 rings (SSSR count). The fourth-order valence-corrected chi connectivity index (χ4v) is 3.11. The molecule has 0 aromatic heterocycles. The highest BCUT2D eigenvalue weighted by Gasteiger charge is 2.26. The minimum absolute atomic E-state index is 0.0337. The zero-order valence-corrected chi connectivity index (χ0v) is 14.0. The highest BCUT2D eigenvalue weighted by molar-refractivity contribution is 7.90. The molecule has 0 radical (unpaired) electrons. The van der Waals surface area contributed by atoms with E-state index in [-0.39, 0.29) is 11.3 Å². The maximum Gasteiger partial charge on any atom is 0.266 e. The molecule has 1 aliphatic rings. The van der Waals surface area contributed by atoms with Gasteiger partial charge in [0.05, 0.1) is 16.9 Å². The molecular formula is C15H19F3N2O3S. The maximum atomic E-state index is 14.1. The summed E-state index contributed by atoms with van der Waals surface area (Å²) in [7, 11) is -3.06. The van der Waals surface area contributed by atoms with E-state index in [0.29, 0.717) is 32.7 Å². The topological polar surface area (TPSA) is 57.7 Å². The Morgan fingerprint density at radius 3 is 2.38 bits per heavy atom. The third-order valence-corrected chi connectivity index (χ3v) is 4.86. The Balaban J connectivity index is 2.00. The Bertz CT molecular complexity index is 702. The molecule has 0 atom stereocenters. The van der Waals surface area contributed by atoms with Gasteiger partial charge in [-0.25, -0.2) is 21.6 Å².